The summed E-state index contributed by atoms with van der Waals surface area (Å²) in [7, 11) is 6.38. The molecule has 0 fully saturated rings. The van der Waals surface area contributed by atoms with Crippen molar-refractivity contribution in [1.82, 2.24) is 0 Å². The number of benzene rings is 2. The van der Waals surface area contributed by atoms with E-state index < -0.39 is 4.92 Å². The van der Waals surface area contributed by atoms with E-state index in [1.54, 1.807) is 33.9 Å². The fourth-order valence-electron chi connectivity index (χ4n) is 3.33. The molecule has 0 unspecified atom stereocenters. The number of ether oxygens (including phenoxy) is 2. The summed E-state index contributed by atoms with van der Waals surface area (Å²) in [4.78, 5) is 16.6. The van der Waals surface area contributed by atoms with Crippen molar-refractivity contribution in [2.75, 3.05) is 19.5 Å². The van der Waals surface area contributed by atoms with E-state index in [-0.39, 0.29) is 11.2 Å². The van der Waals surface area contributed by atoms with Crippen LogP contribution in [-0.2, 0) is 5.54 Å². The molecule has 1 N–H and O–H groups in total. The number of hydrogen-bond donors (Lipinski definition) is 1. The molecule has 0 spiro atoms. The molecule has 0 saturated carbocycles. The molecule has 4 rings (SSSR count). The number of rotatable bonds is 4. The van der Waals surface area contributed by atoms with Crippen LogP contribution in [0, 0.1) is 10.1 Å². The number of nitrogens with one attached hydrogen (secondary N) is 1. The molecule has 1 aromatic heterocycles. The van der Waals surface area contributed by atoms with E-state index in [1.165, 1.54) is 24.1 Å². The summed E-state index contributed by atoms with van der Waals surface area (Å²) in [5, 5.41) is 14.6. The number of nitro groups is 1. The van der Waals surface area contributed by atoms with Gasteiger partial charge in [-0.15, -0.1) is 0 Å². The van der Waals surface area contributed by atoms with Crippen molar-refractivity contribution >= 4 is 37.7 Å². The second-order valence-corrected chi connectivity index (χ2v) is 9.19. The van der Waals surface area contributed by atoms with Crippen molar-refractivity contribution in [2.24, 2.45) is 4.99 Å². The fraction of sp³-hybridized carbons (Fsp3) is 0.250. The van der Waals surface area contributed by atoms with Gasteiger partial charge in [0.1, 0.15) is 16.1 Å². The summed E-state index contributed by atoms with van der Waals surface area (Å²) in [6.45, 7) is 4.27. The Hall–Kier alpha value is -2.91. The maximum atomic E-state index is 11.1. The summed E-state index contributed by atoms with van der Waals surface area (Å²) >= 11 is 0. The van der Waals surface area contributed by atoms with Crippen molar-refractivity contribution in [3.05, 3.63) is 56.1 Å². The van der Waals surface area contributed by atoms with E-state index >= 15 is 0 Å². The summed E-state index contributed by atoms with van der Waals surface area (Å²) in [5.41, 5.74) is 3.37. The van der Waals surface area contributed by atoms with Gasteiger partial charge in [0.25, 0.3) is 5.69 Å². The molecule has 9 heteroatoms. The minimum atomic E-state index is -0.446. The van der Waals surface area contributed by atoms with Crippen LogP contribution < -0.4 is 19.5 Å². The highest BCUT2D eigenvalue weighted by Gasteiger charge is 2.33. The minimum Gasteiger partial charge on any atom is -0.497 e. The van der Waals surface area contributed by atoms with Gasteiger partial charge in [-0.25, -0.2) is 4.99 Å². The highest BCUT2D eigenvalue weighted by Crippen LogP contribution is 2.46. The fourth-order valence-corrected chi connectivity index (χ4v) is 6.26. The summed E-state index contributed by atoms with van der Waals surface area (Å²) < 4.78 is 11.6. The van der Waals surface area contributed by atoms with Crippen molar-refractivity contribution in [3.8, 4) is 22.6 Å². The smallest absolute Gasteiger partial charge is 0.273 e. The molecule has 29 heavy (non-hydrogen) atoms. The van der Waals surface area contributed by atoms with Crippen molar-refractivity contribution < 1.29 is 14.4 Å². The molecular formula is C20H19N3O4S2. The second-order valence-electron chi connectivity index (χ2n) is 7.06. The lowest BCUT2D eigenvalue weighted by Gasteiger charge is -2.33. The van der Waals surface area contributed by atoms with Gasteiger partial charge in [-0.05, 0) is 38.1 Å². The van der Waals surface area contributed by atoms with E-state index in [1.807, 2.05) is 18.2 Å². The van der Waals surface area contributed by atoms with E-state index in [4.69, 9.17) is 14.5 Å². The predicted molar refractivity (Wildman–Crippen MR) is 116 cm³/mol. The molecule has 0 bridgehead atoms. The molecule has 3 aromatic rings. The first-order valence-electron chi connectivity index (χ1n) is 8.81. The Bertz CT molecular complexity index is 1180. The van der Waals surface area contributed by atoms with Crippen LogP contribution in [0.1, 0.15) is 18.7 Å². The third kappa shape index (κ3) is 3.36. The van der Waals surface area contributed by atoms with E-state index in [2.05, 4.69) is 19.2 Å². The predicted octanol–water partition coefficient (Wildman–Crippen LogP) is 5.30. The molecule has 150 valence electrons. The number of non-ortho nitro benzene ring substituents is 1. The van der Waals surface area contributed by atoms with Crippen LogP contribution >= 0.6 is 20.7 Å². The molecule has 0 saturated heterocycles. The minimum absolute atomic E-state index is 0.0303. The summed E-state index contributed by atoms with van der Waals surface area (Å²) in [5.74, 6) is 1.14. The number of fused-ring (bicyclic) bond motifs is 3. The lowest BCUT2D eigenvalue weighted by molar-refractivity contribution is -0.384. The van der Waals surface area contributed by atoms with E-state index in [0.717, 1.165) is 27.2 Å². The van der Waals surface area contributed by atoms with Gasteiger partial charge in [0.05, 0.1) is 35.6 Å². The molecule has 0 amide bonds. The summed E-state index contributed by atoms with van der Waals surface area (Å²) in [6, 6.07) is 10.4. The van der Waals surface area contributed by atoms with Gasteiger partial charge in [-0.2, -0.15) is 0 Å². The average Bonchev–Trinajstić information content (AvgIpc) is 3.13. The molecule has 1 aliphatic heterocycles. The van der Waals surface area contributed by atoms with Crippen molar-refractivity contribution in [3.63, 3.8) is 0 Å². The van der Waals surface area contributed by atoms with Gasteiger partial charge in [0.15, 0.2) is 5.75 Å². The Balaban J connectivity index is 1.95. The molecular weight excluding hydrogens is 410 g/mol. The van der Waals surface area contributed by atoms with Crippen LogP contribution in [0.25, 0.3) is 11.1 Å². The summed E-state index contributed by atoms with van der Waals surface area (Å²) in [6.07, 6.45) is 0. The second kappa shape index (κ2) is 7.16. The third-order valence-electron chi connectivity index (χ3n) is 4.75. The standard InChI is InChI=1S/C20H19N3O4S2/c1-20(2)18-17(13-10-12(26-3)6-8-14(13)22-20)19(29-28-18)21-15-7-5-11(23(24)25)9-16(15)27-4/h5-10,22H,1-4H3. The first kappa shape index (κ1) is 19.4. The molecule has 7 nitrogen and oxygen atoms in total. The molecule has 0 aliphatic carbocycles. The van der Waals surface area contributed by atoms with Crippen LogP contribution in [0.5, 0.6) is 11.5 Å². The lowest BCUT2D eigenvalue weighted by atomic mass is 9.90. The Morgan fingerprint density at radius 1 is 1.10 bits per heavy atom. The topological polar surface area (TPSA) is 86.0 Å². The molecule has 1 aliphatic rings. The molecule has 2 aromatic carbocycles. The first-order chi connectivity index (χ1) is 13.8. The number of anilines is 1. The number of hydrogen-bond acceptors (Lipinski definition) is 8. The monoisotopic (exact) mass is 429 g/mol. The van der Waals surface area contributed by atoms with Gasteiger partial charge < -0.3 is 14.8 Å². The Morgan fingerprint density at radius 3 is 2.59 bits per heavy atom. The quantitative estimate of drug-likeness (QED) is 0.346. The highest BCUT2D eigenvalue weighted by atomic mass is 32.9. The van der Waals surface area contributed by atoms with Crippen LogP contribution in [0.15, 0.2) is 41.4 Å². The van der Waals surface area contributed by atoms with Gasteiger partial charge in [-0.1, -0.05) is 20.7 Å². The third-order valence-corrected chi connectivity index (χ3v) is 7.39. The number of methoxy groups -OCH3 is 2. The lowest BCUT2D eigenvalue weighted by Crippen LogP contribution is -2.31. The average molecular weight is 430 g/mol. The normalized spacial score (nSPS) is 14.6. The van der Waals surface area contributed by atoms with Gasteiger partial charge in [0, 0.05) is 22.9 Å². The van der Waals surface area contributed by atoms with E-state index in [0.29, 0.717) is 11.4 Å². The molecule has 0 radical (unpaired) electrons. The number of nitro benzene ring substituents is 1. The first-order valence-corrected chi connectivity index (χ1v) is 11.0. The largest absolute Gasteiger partial charge is 0.497 e. The van der Waals surface area contributed by atoms with Gasteiger partial charge >= 0.3 is 0 Å². The molecule has 0 atom stereocenters. The van der Waals surface area contributed by atoms with E-state index in [9.17, 15) is 10.1 Å². The Kier molecular flexibility index (Phi) is 4.79. The Morgan fingerprint density at radius 2 is 1.90 bits per heavy atom. The van der Waals surface area contributed by atoms with Crippen molar-refractivity contribution in [2.45, 2.75) is 19.4 Å². The maximum Gasteiger partial charge on any atom is 0.273 e. The molecule has 2 heterocycles. The number of nitrogens with zero attached hydrogens (tertiary/aromatic N) is 2. The van der Waals surface area contributed by atoms with Crippen LogP contribution in [0.4, 0.5) is 17.1 Å². The SMILES string of the molecule is COc1ccc2c(c1)-c1c(ssc1=Nc1ccc([N+](=O)[O-])cc1OC)C(C)(C)N2. The van der Waals surface area contributed by atoms with Crippen LogP contribution in [0.3, 0.4) is 0 Å². The highest BCUT2D eigenvalue weighted by molar-refractivity contribution is 7.68. The van der Waals surface area contributed by atoms with Gasteiger partial charge in [0.2, 0.25) is 0 Å². The Labute approximate surface area is 174 Å². The zero-order valence-electron chi connectivity index (χ0n) is 16.3. The van der Waals surface area contributed by atoms with Crippen LogP contribution in [0.2, 0.25) is 0 Å². The van der Waals surface area contributed by atoms with Crippen molar-refractivity contribution in [1.29, 1.82) is 0 Å². The van der Waals surface area contributed by atoms with Gasteiger partial charge in [-0.3, -0.25) is 10.1 Å². The maximum absolute atomic E-state index is 11.1. The zero-order valence-corrected chi connectivity index (χ0v) is 17.9. The zero-order chi connectivity index (χ0) is 20.8. The van der Waals surface area contributed by atoms with Crippen LogP contribution in [-0.4, -0.2) is 19.1 Å².